The van der Waals surface area contributed by atoms with Crippen LogP contribution in [0.1, 0.15) is 10.5 Å². The lowest BCUT2D eigenvalue weighted by Crippen LogP contribution is -2.44. The highest BCUT2D eigenvalue weighted by atomic mass is 16.5. The van der Waals surface area contributed by atoms with Crippen molar-refractivity contribution in [1.82, 2.24) is 9.88 Å². The molecular formula is C18H22N4O2. The number of hydrogen-bond donors (Lipinski definition) is 1. The van der Waals surface area contributed by atoms with Crippen molar-refractivity contribution in [3.8, 4) is 5.75 Å². The number of likely N-dealkylation sites (N-methyl/N-ethyl adjacent to an activating group) is 1. The number of benzene rings is 1. The Kier molecular flexibility index (Phi) is 4.96. The summed E-state index contributed by atoms with van der Waals surface area (Å²) in [4.78, 5) is 21.3. The van der Waals surface area contributed by atoms with E-state index in [-0.39, 0.29) is 5.91 Å². The average molecular weight is 326 g/mol. The van der Waals surface area contributed by atoms with E-state index in [0.29, 0.717) is 17.1 Å². The summed E-state index contributed by atoms with van der Waals surface area (Å²) < 4.78 is 5.24. The third-order valence-electron chi connectivity index (χ3n) is 4.20. The number of ether oxygens (including phenoxy) is 1. The molecule has 0 spiro atoms. The van der Waals surface area contributed by atoms with Crippen LogP contribution in [-0.2, 0) is 0 Å². The maximum Gasteiger partial charge on any atom is 0.274 e. The van der Waals surface area contributed by atoms with Crippen molar-refractivity contribution in [1.29, 1.82) is 0 Å². The molecule has 0 bridgehead atoms. The van der Waals surface area contributed by atoms with Crippen LogP contribution in [0.4, 0.5) is 11.4 Å². The number of para-hydroxylation sites is 2. The van der Waals surface area contributed by atoms with Crippen LogP contribution >= 0.6 is 0 Å². The van der Waals surface area contributed by atoms with Gasteiger partial charge in [-0.1, -0.05) is 12.1 Å². The normalized spacial score (nSPS) is 15.2. The molecule has 24 heavy (non-hydrogen) atoms. The SMILES string of the molecule is COc1ccccc1NC(=O)c1ccc(N2CCN(C)CC2)cn1. The van der Waals surface area contributed by atoms with Crippen LogP contribution in [0.2, 0.25) is 0 Å². The fraction of sp³-hybridized carbons (Fsp3) is 0.333. The van der Waals surface area contributed by atoms with Gasteiger partial charge in [-0.25, -0.2) is 4.98 Å². The van der Waals surface area contributed by atoms with Crippen LogP contribution in [0.15, 0.2) is 42.6 Å². The van der Waals surface area contributed by atoms with E-state index in [1.165, 1.54) is 0 Å². The van der Waals surface area contributed by atoms with Gasteiger partial charge in [-0.05, 0) is 31.3 Å². The summed E-state index contributed by atoms with van der Waals surface area (Å²) in [7, 11) is 3.70. The summed E-state index contributed by atoms with van der Waals surface area (Å²) in [6.07, 6.45) is 1.77. The molecule has 0 aliphatic carbocycles. The van der Waals surface area contributed by atoms with Crippen molar-refractivity contribution < 1.29 is 9.53 Å². The van der Waals surface area contributed by atoms with E-state index < -0.39 is 0 Å². The van der Waals surface area contributed by atoms with E-state index >= 15 is 0 Å². The smallest absolute Gasteiger partial charge is 0.274 e. The fourth-order valence-corrected chi connectivity index (χ4v) is 2.71. The van der Waals surface area contributed by atoms with E-state index in [2.05, 4.69) is 27.1 Å². The molecule has 1 aromatic carbocycles. The number of amides is 1. The Morgan fingerprint density at radius 3 is 2.54 bits per heavy atom. The molecule has 0 atom stereocenters. The molecule has 1 amide bonds. The van der Waals surface area contributed by atoms with Gasteiger partial charge < -0.3 is 19.9 Å². The van der Waals surface area contributed by atoms with Crippen LogP contribution < -0.4 is 15.0 Å². The van der Waals surface area contributed by atoms with Gasteiger partial charge in [-0.3, -0.25) is 4.79 Å². The highest BCUT2D eigenvalue weighted by molar-refractivity contribution is 6.03. The summed E-state index contributed by atoms with van der Waals surface area (Å²) in [5, 5.41) is 2.84. The topological polar surface area (TPSA) is 57.7 Å². The van der Waals surface area contributed by atoms with Gasteiger partial charge in [0.1, 0.15) is 11.4 Å². The van der Waals surface area contributed by atoms with Crippen molar-refractivity contribution in [2.24, 2.45) is 0 Å². The number of aromatic nitrogens is 1. The predicted molar refractivity (Wildman–Crippen MR) is 94.9 cm³/mol. The first-order valence-corrected chi connectivity index (χ1v) is 8.01. The van der Waals surface area contributed by atoms with E-state index in [1.54, 1.807) is 31.5 Å². The molecular weight excluding hydrogens is 304 g/mol. The Hall–Kier alpha value is -2.60. The molecule has 3 rings (SSSR count). The van der Waals surface area contributed by atoms with Gasteiger partial charge in [0, 0.05) is 26.2 Å². The molecule has 1 aliphatic heterocycles. The van der Waals surface area contributed by atoms with Gasteiger partial charge in [-0.15, -0.1) is 0 Å². The molecule has 0 unspecified atom stereocenters. The monoisotopic (exact) mass is 326 g/mol. The Labute approximate surface area is 142 Å². The molecule has 0 saturated carbocycles. The van der Waals surface area contributed by atoms with Crippen LogP contribution in [0.3, 0.4) is 0 Å². The lowest BCUT2D eigenvalue weighted by molar-refractivity contribution is 0.102. The molecule has 2 aromatic rings. The molecule has 1 saturated heterocycles. The van der Waals surface area contributed by atoms with E-state index in [9.17, 15) is 4.79 Å². The van der Waals surface area contributed by atoms with Crippen molar-refractivity contribution in [2.75, 3.05) is 50.6 Å². The second-order valence-electron chi connectivity index (χ2n) is 5.85. The second kappa shape index (κ2) is 7.31. The maximum absolute atomic E-state index is 12.4. The zero-order chi connectivity index (χ0) is 16.9. The fourth-order valence-electron chi connectivity index (χ4n) is 2.71. The molecule has 6 nitrogen and oxygen atoms in total. The van der Waals surface area contributed by atoms with Crippen LogP contribution in [0.25, 0.3) is 0 Å². The first-order chi connectivity index (χ1) is 11.7. The molecule has 0 radical (unpaired) electrons. The molecule has 2 heterocycles. The minimum absolute atomic E-state index is 0.246. The molecule has 1 aliphatic rings. The number of methoxy groups -OCH3 is 1. The maximum atomic E-state index is 12.4. The Bertz CT molecular complexity index is 694. The number of pyridine rings is 1. The van der Waals surface area contributed by atoms with Crippen LogP contribution in [0.5, 0.6) is 5.75 Å². The predicted octanol–water partition coefficient (Wildman–Crippen LogP) is 2.09. The number of hydrogen-bond acceptors (Lipinski definition) is 5. The summed E-state index contributed by atoms with van der Waals surface area (Å²) in [5.41, 5.74) is 2.07. The van der Waals surface area contributed by atoms with Gasteiger partial charge in [0.15, 0.2) is 0 Å². The lowest BCUT2D eigenvalue weighted by Gasteiger charge is -2.33. The summed E-state index contributed by atoms with van der Waals surface area (Å²) in [6, 6.07) is 11.0. The number of anilines is 2. The number of rotatable bonds is 4. The minimum Gasteiger partial charge on any atom is -0.495 e. The van der Waals surface area contributed by atoms with E-state index in [1.807, 2.05) is 18.2 Å². The number of nitrogens with zero attached hydrogens (tertiary/aromatic N) is 3. The van der Waals surface area contributed by atoms with E-state index in [0.717, 1.165) is 31.9 Å². The van der Waals surface area contributed by atoms with Gasteiger partial charge in [0.2, 0.25) is 0 Å². The molecule has 6 heteroatoms. The van der Waals surface area contributed by atoms with Gasteiger partial charge in [0.05, 0.1) is 24.7 Å². The van der Waals surface area contributed by atoms with Crippen LogP contribution in [0, 0.1) is 0 Å². The third-order valence-corrected chi connectivity index (χ3v) is 4.20. The quantitative estimate of drug-likeness (QED) is 0.932. The van der Waals surface area contributed by atoms with Crippen LogP contribution in [-0.4, -0.2) is 56.1 Å². The number of carbonyl (C=O) groups is 1. The van der Waals surface area contributed by atoms with Gasteiger partial charge in [0.25, 0.3) is 5.91 Å². The second-order valence-corrected chi connectivity index (χ2v) is 5.85. The van der Waals surface area contributed by atoms with Gasteiger partial charge >= 0.3 is 0 Å². The minimum atomic E-state index is -0.246. The molecule has 1 N–H and O–H groups in total. The first-order valence-electron chi connectivity index (χ1n) is 8.01. The van der Waals surface area contributed by atoms with Crippen molar-refractivity contribution in [3.63, 3.8) is 0 Å². The number of nitrogens with one attached hydrogen (secondary N) is 1. The zero-order valence-electron chi connectivity index (χ0n) is 14.0. The largest absolute Gasteiger partial charge is 0.495 e. The average Bonchev–Trinajstić information content (AvgIpc) is 2.63. The molecule has 1 aromatic heterocycles. The standard InChI is InChI=1S/C18H22N4O2/c1-21-9-11-22(12-10-21)14-7-8-16(19-13-14)18(23)20-15-5-3-4-6-17(15)24-2/h3-8,13H,9-12H2,1-2H3,(H,20,23). The van der Waals surface area contributed by atoms with Gasteiger partial charge in [-0.2, -0.15) is 0 Å². The summed E-state index contributed by atoms with van der Waals surface area (Å²) >= 11 is 0. The lowest BCUT2D eigenvalue weighted by atomic mass is 10.2. The number of carbonyl (C=O) groups excluding carboxylic acids is 1. The summed E-state index contributed by atoms with van der Waals surface area (Å²) in [5.74, 6) is 0.379. The van der Waals surface area contributed by atoms with Crippen molar-refractivity contribution in [2.45, 2.75) is 0 Å². The first kappa shape index (κ1) is 16.3. The zero-order valence-corrected chi connectivity index (χ0v) is 14.0. The van der Waals surface area contributed by atoms with Crippen molar-refractivity contribution in [3.05, 3.63) is 48.3 Å². The highest BCUT2D eigenvalue weighted by Gasteiger charge is 2.16. The Morgan fingerprint density at radius 2 is 1.88 bits per heavy atom. The number of piperazine rings is 1. The highest BCUT2D eigenvalue weighted by Crippen LogP contribution is 2.23. The van der Waals surface area contributed by atoms with Crippen molar-refractivity contribution >= 4 is 17.3 Å². The molecule has 126 valence electrons. The third kappa shape index (κ3) is 3.65. The Balaban J connectivity index is 1.68. The summed E-state index contributed by atoms with van der Waals surface area (Å²) in [6.45, 7) is 4.03. The Morgan fingerprint density at radius 1 is 1.12 bits per heavy atom. The van der Waals surface area contributed by atoms with E-state index in [4.69, 9.17) is 4.74 Å². The molecule has 1 fully saturated rings.